The zero-order valence-corrected chi connectivity index (χ0v) is 32.1. The molecule has 0 radical (unpaired) electrons. The fourth-order valence-electron chi connectivity index (χ4n) is 10.0. The van der Waals surface area contributed by atoms with Crippen molar-refractivity contribution in [2.45, 2.75) is 0 Å². The fourth-order valence-corrected chi connectivity index (χ4v) is 11.2. The van der Waals surface area contributed by atoms with Crippen LogP contribution in [0.3, 0.4) is 0 Å². The van der Waals surface area contributed by atoms with Crippen LogP contribution >= 0.6 is 11.3 Å². The van der Waals surface area contributed by atoms with Crippen molar-refractivity contribution in [1.29, 1.82) is 0 Å². The maximum absolute atomic E-state index is 6.96. The molecule has 0 saturated carbocycles. The van der Waals surface area contributed by atoms with Crippen LogP contribution in [-0.4, -0.2) is 0 Å². The number of furan rings is 1. The molecule has 0 saturated heterocycles. The predicted molar refractivity (Wildman–Crippen MR) is 250 cm³/mol. The molecule has 0 atom stereocenters. The average molecular weight is 753 g/mol. The highest BCUT2D eigenvalue weighted by Gasteiger charge is 2.22. The summed E-state index contributed by atoms with van der Waals surface area (Å²) in [6.45, 7) is 0. The molecule has 0 aliphatic heterocycles. The SMILES string of the molecule is c1cc(-c2c3ccccc3c(-c3cccc4sc5ccccc5c34)c3ccccc23)cc(-c2cc3c(oc4c5ccccc5c5ccccc5c34)c3ccccc23)c1. The van der Waals surface area contributed by atoms with Crippen molar-refractivity contribution in [3.8, 4) is 33.4 Å². The van der Waals surface area contributed by atoms with Crippen LogP contribution in [0.4, 0.5) is 0 Å². The Labute approximate surface area is 337 Å². The van der Waals surface area contributed by atoms with Gasteiger partial charge < -0.3 is 4.42 Å². The summed E-state index contributed by atoms with van der Waals surface area (Å²) in [6, 6.07) is 71.4. The molecule has 0 amide bonds. The van der Waals surface area contributed by atoms with Gasteiger partial charge >= 0.3 is 0 Å². The minimum absolute atomic E-state index is 0.938. The average Bonchev–Trinajstić information content (AvgIpc) is 3.88. The van der Waals surface area contributed by atoms with Crippen LogP contribution in [0.1, 0.15) is 0 Å². The Bertz CT molecular complexity index is 3810. The molecule has 2 heterocycles. The second-order valence-electron chi connectivity index (χ2n) is 15.4. The van der Waals surface area contributed by atoms with Crippen LogP contribution in [0.5, 0.6) is 0 Å². The highest BCUT2D eigenvalue weighted by atomic mass is 32.1. The summed E-state index contributed by atoms with van der Waals surface area (Å²) >= 11 is 1.88. The maximum Gasteiger partial charge on any atom is 0.143 e. The van der Waals surface area contributed by atoms with E-state index in [1.54, 1.807) is 0 Å². The van der Waals surface area contributed by atoms with Crippen LogP contribution < -0.4 is 0 Å². The Morgan fingerprint density at radius 3 is 1.48 bits per heavy atom. The summed E-state index contributed by atoms with van der Waals surface area (Å²) in [5.41, 5.74) is 9.31. The van der Waals surface area contributed by atoms with Crippen molar-refractivity contribution in [3.05, 3.63) is 194 Å². The minimum Gasteiger partial charge on any atom is -0.455 e. The smallest absolute Gasteiger partial charge is 0.143 e. The third-order valence-corrected chi connectivity index (χ3v) is 13.6. The van der Waals surface area contributed by atoms with E-state index in [0.29, 0.717) is 0 Å². The lowest BCUT2D eigenvalue weighted by atomic mass is 9.84. The largest absolute Gasteiger partial charge is 0.455 e. The predicted octanol–water partition coefficient (Wildman–Crippen LogP) is 16.7. The van der Waals surface area contributed by atoms with Gasteiger partial charge in [0, 0.05) is 41.7 Å². The van der Waals surface area contributed by atoms with E-state index in [4.69, 9.17) is 4.42 Å². The first-order valence-electron chi connectivity index (χ1n) is 19.9. The molecule has 2 aromatic heterocycles. The molecule has 0 unspecified atom stereocenters. The van der Waals surface area contributed by atoms with Crippen molar-refractivity contribution in [3.63, 3.8) is 0 Å². The molecule has 0 spiro atoms. The van der Waals surface area contributed by atoms with Crippen LogP contribution in [0.25, 0.3) is 129 Å². The van der Waals surface area contributed by atoms with Gasteiger partial charge in [0.25, 0.3) is 0 Å². The molecule has 0 N–H and O–H groups in total. The van der Waals surface area contributed by atoms with E-state index < -0.39 is 0 Å². The van der Waals surface area contributed by atoms with Crippen LogP contribution in [0.2, 0.25) is 0 Å². The molecule has 0 bridgehead atoms. The minimum atomic E-state index is 0.938. The van der Waals surface area contributed by atoms with E-state index in [0.717, 1.165) is 27.3 Å². The monoisotopic (exact) mass is 752 g/mol. The summed E-state index contributed by atoms with van der Waals surface area (Å²) in [5, 5.41) is 17.1. The molecule has 268 valence electrons. The summed E-state index contributed by atoms with van der Waals surface area (Å²) in [7, 11) is 0. The normalized spacial score (nSPS) is 12.1. The van der Waals surface area contributed by atoms with Gasteiger partial charge in [-0.05, 0) is 101 Å². The van der Waals surface area contributed by atoms with Gasteiger partial charge in [0.15, 0.2) is 0 Å². The van der Waals surface area contributed by atoms with Gasteiger partial charge in [-0.25, -0.2) is 0 Å². The van der Waals surface area contributed by atoms with E-state index in [-0.39, 0.29) is 0 Å². The van der Waals surface area contributed by atoms with E-state index in [1.807, 2.05) is 11.3 Å². The van der Waals surface area contributed by atoms with Gasteiger partial charge in [-0.15, -0.1) is 11.3 Å². The van der Waals surface area contributed by atoms with Gasteiger partial charge in [0.2, 0.25) is 0 Å². The Morgan fingerprint density at radius 2 is 0.776 bits per heavy atom. The first kappa shape index (κ1) is 31.9. The Hall–Kier alpha value is -7.26. The molecule has 11 aromatic carbocycles. The number of fused-ring (bicyclic) bond motifs is 15. The Morgan fingerprint density at radius 1 is 0.276 bits per heavy atom. The maximum atomic E-state index is 6.96. The molecular formula is C56H32OS. The quantitative estimate of drug-likeness (QED) is 0.129. The van der Waals surface area contributed by atoms with Gasteiger partial charge in [0.05, 0.1) is 0 Å². The topological polar surface area (TPSA) is 13.1 Å². The summed E-state index contributed by atoms with van der Waals surface area (Å²) in [6.07, 6.45) is 0. The molecule has 13 aromatic rings. The summed E-state index contributed by atoms with van der Waals surface area (Å²) in [5.74, 6) is 0. The van der Waals surface area contributed by atoms with Crippen LogP contribution in [-0.2, 0) is 0 Å². The molecule has 2 heteroatoms. The molecule has 13 rings (SSSR count). The number of rotatable bonds is 3. The molecule has 58 heavy (non-hydrogen) atoms. The van der Waals surface area contributed by atoms with Crippen LogP contribution in [0, 0.1) is 0 Å². The third kappa shape index (κ3) is 4.41. The fraction of sp³-hybridized carbons (Fsp3) is 0. The second-order valence-corrected chi connectivity index (χ2v) is 16.5. The highest BCUT2D eigenvalue weighted by molar-refractivity contribution is 7.26. The van der Waals surface area contributed by atoms with E-state index in [2.05, 4.69) is 194 Å². The first-order valence-corrected chi connectivity index (χ1v) is 20.7. The lowest BCUT2D eigenvalue weighted by Gasteiger charge is -2.19. The molecule has 0 aliphatic rings. The van der Waals surface area contributed by atoms with Gasteiger partial charge in [-0.2, -0.15) is 0 Å². The lowest BCUT2D eigenvalue weighted by Crippen LogP contribution is -1.92. The highest BCUT2D eigenvalue weighted by Crippen LogP contribution is 2.49. The lowest BCUT2D eigenvalue weighted by molar-refractivity contribution is 0.676. The molecule has 0 fully saturated rings. The molecule has 1 nitrogen and oxygen atoms in total. The standard InChI is InChI=1S/C56H32OS/c1-4-20-38-35(17-1)36-18-2-10-26-44(36)56-54(38)48-32-47(37-19-3-9-25-43(37)55(48)57-56)33-15-13-16-34(31-33)51-39-21-5-7-23-41(39)52(42-24-8-6-22-40(42)51)46-28-14-30-50-53(46)45-27-11-12-29-49(45)58-50/h1-32H. The zero-order valence-electron chi connectivity index (χ0n) is 31.3. The third-order valence-electron chi connectivity index (χ3n) is 12.4. The molecule has 0 aliphatic carbocycles. The van der Waals surface area contributed by atoms with Crippen molar-refractivity contribution >= 4 is 107 Å². The summed E-state index contributed by atoms with van der Waals surface area (Å²) in [4.78, 5) is 0. The van der Waals surface area contributed by atoms with Crippen molar-refractivity contribution in [1.82, 2.24) is 0 Å². The number of thiophene rings is 1. The second kappa shape index (κ2) is 12.1. The number of hydrogen-bond donors (Lipinski definition) is 0. The first-order chi connectivity index (χ1) is 28.8. The van der Waals surface area contributed by atoms with Gasteiger partial charge in [-0.3, -0.25) is 0 Å². The van der Waals surface area contributed by atoms with Crippen molar-refractivity contribution in [2.75, 3.05) is 0 Å². The Balaban J connectivity index is 1.09. The Kier molecular flexibility index (Phi) is 6.66. The zero-order chi connectivity index (χ0) is 37.9. The summed E-state index contributed by atoms with van der Waals surface area (Å²) < 4.78 is 9.60. The number of hydrogen-bond acceptors (Lipinski definition) is 2. The van der Waals surface area contributed by atoms with Crippen molar-refractivity contribution < 1.29 is 4.42 Å². The van der Waals surface area contributed by atoms with E-state index >= 15 is 0 Å². The van der Waals surface area contributed by atoms with Crippen molar-refractivity contribution in [2.24, 2.45) is 0 Å². The molecular weight excluding hydrogens is 721 g/mol. The number of benzene rings is 11. The van der Waals surface area contributed by atoms with Crippen LogP contribution in [0.15, 0.2) is 199 Å². The van der Waals surface area contributed by atoms with E-state index in [9.17, 15) is 0 Å². The van der Waals surface area contributed by atoms with Gasteiger partial charge in [0.1, 0.15) is 11.2 Å². The van der Waals surface area contributed by atoms with Gasteiger partial charge in [-0.1, -0.05) is 170 Å². The van der Waals surface area contributed by atoms with E-state index in [1.165, 1.54) is 102 Å².